The molecule has 2 rings (SSSR count). The maximum Gasteiger partial charge on any atom is 0.416 e. The van der Waals surface area contributed by atoms with E-state index in [0.29, 0.717) is 25.3 Å². The van der Waals surface area contributed by atoms with Crippen LogP contribution in [-0.2, 0) is 15.8 Å². The Hall–Kier alpha value is -1.76. The number of ether oxygens (including phenoxy) is 1. The first kappa shape index (κ1) is 14.6. The van der Waals surface area contributed by atoms with Gasteiger partial charge in [0.25, 0.3) is 0 Å². The number of hydroxylamine groups is 2. The zero-order chi connectivity index (χ0) is 14.6. The van der Waals surface area contributed by atoms with Gasteiger partial charge in [-0.15, -0.1) is 5.06 Å². The van der Waals surface area contributed by atoms with Gasteiger partial charge in [-0.05, 0) is 37.1 Å². The SMILES string of the molecule is O=CON1CCC[C@@H](Oc2ccc(C(F)(F)F)cc2)C1. The van der Waals surface area contributed by atoms with Gasteiger partial charge < -0.3 is 9.57 Å². The van der Waals surface area contributed by atoms with Crippen LogP contribution < -0.4 is 4.74 Å². The minimum Gasteiger partial charge on any atom is -0.489 e. The summed E-state index contributed by atoms with van der Waals surface area (Å²) in [4.78, 5) is 15.0. The standard InChI is InChI=1S/C13H14F3NO3/c14-13(15,16)10-3-5-11(6-4-10)20-12-2-1-7-17(8-12)19-9-18/h3-6,9,12H,1-2,7-8H2/t12-/m1/s1. The zero-order valence-electron chi connectivity index (χ0n) is 10.6. The van der Waals surface area contributed by atoms with Crippen LogP contribution in [0, 0.1) is 0 Å². The molecule has 0 aromatic heterocycles. The number of piperidine rings is 1. The molecule has 1 aromatic rings. The zero-order valence-corrected chi connectivity index (χ0v) is 10.6. The summed E-state index contributed by atoms with van der Waals surface area (Å²) in [7, 11) is 0. The van der Waals surface area contributed by atoms with E-state index in [1.807, 2.05) is 0 Å². The van der Waals surface area contributed by atoms with Crippen molar-refractivity contribution in [3.8, 4) is 5.75 Å². The van der Waals surface area contributed by atoms with Crippen LogP contribution >= 0.6 is 0 Å². The molecule has 1 aliphatic heterocycles. The van der Waals surface area contributed by atoms with Gasteiger partial charge in [0, 0.05) is 6.54 Å². The molecule has 0 saturated carbocycles. The summed E-state index contributed by atoms with van der Waals surface area (Å²) in [5.41, 5.74) is -0.709. The smallest absolute Gasteiger partial charge is 0.416 e. The lowest BCUT2D eigenvalue weighted by Gasteiger charge is -2.30. The van der Waals surface area contributed by atoms with Crippen LogP contribution in [0.25, 0.3) is 0 Å². The number of carbonyl (C=O) groups excluding carboxylic acids is 1. The van der Waals surface area contributed by atoms with Crippen LogP contribution in [0.5, 0.6) is 5.75 Å². The van der Waals surface area contributed by atoms with Crippen LogP contribution in [0.15, 0.2) is 24.3 Å². The third-order valence-corrected chi connectivity index (χ3v) is 3.02. The predicted octanol–water partition coefficient (Wildman–Crippen LogP) is 2.64. The molecule has 1 heterocycles. The molecule has 7 heteroatoms. The first-order valence-electron chi connectivity index (χ1n) is 6.18. The molecule has 1 atom stereocenters. The Labute approximate surface area is 114 Å². The van der Waals surface area contributed by atoms with E-state index in [-0.39, 0.29) is 6.10 Å². The summed E-state index contributed by atoms with van der Waals surface area (Å²) in [6.07, 6.45) is -3.00. The summed E-state index contributed by atoms with van der Waals surface area (Å²) in [5.74, 6) is 0.371. The molecule has 20 heavy (non-hydrogen) atoms. The number of rotatable bonds is 4. The van der Waals surface area contributed by atoms with Crippen molar-refractivity contribution in [2.45, 2.75) is 25.1 Å². The van der Waals surface area contributed by atoms with E-state index < -0.39 is 11.7 Å². The molecule has 1 aromatic carbocycles. The van der Waals surface area contributed by atoms with Gasteiger partial charge in [-0.2, -0.15) is 13.2 Å². The van der Waals surface area contributed by atoms with Gasteiger partial charge in [-0.1, -0.05) is 0 Å². The molecule has 1 saturated heterocycles. The van der Waals surface area contributed by atoms with E-state index in [2.05, 4.69) is 0 Å². The largest absolute Gasteiger partial charge is 0.489 e. The Morgan fingerprint density at radius 3 is 2.55 bits per heavy atom. The average molecular weight is 289 g/mol. The summed E-state index contributed by atoms with van der Waals surface area (Å²) >= 11 is 0. The van der Waals surface area contributed by atoms with E-state index >= 15 is 0 Å². The summed E-state index contributed by atoms with van der Waals surface area (Å²) < 4.78 is 42.8. The Kier molecular flexibility index (Phi) is 4.49. The Morgan fingerprint density at radius 2 is 1.95 bits per heavy atom. The van der Waals surface area contributed by atoms with Gasteiger partial charge in [0.2, 0.25) is 0 Å². The molecule has 1 aliphatic rings. The van der Waals surface area contributed by atoms with Gasteiger partial charge in [-0.3, -0.25) is 4.79 Å². The molecular weight excluding hydrogens is 275 g/mol. The van der Waals surface area contributed by atoms with Crippen molar-refractivity contribution in [1.29, 1.82) is 0 Å². The molecule has 0 bridgehead atoms. The van der Waals surface area contributed by atoms with Gasteiger partial charge in [0.15, 0.2) is 0 Å². The first-order valence-corrected chi connectivity index (χ1v) is 6.18. The highest BCUT2D eigenvalue weighted by atomic mass is 19.4. The quantitative estimate of drug-likeness (QED) is 0.799. The van der Waals surface area contributed by atoms with E-state index in [0.717, 1.165) is 25.0 Å². The third kappa shape index (κ3) is 3.86. The summed E-state index contributed by atoms with van der Waals surface area (Å²) in [6.45, 7) is 1.38. The van der Waals surface area contributed by atoms with Gasteiger partial charge in [0.05, 0.1) is 12.1 Å². The first-order chi connectivity index (χ1) is 9.49. The van der Waals surface area contributed by atoms with Crippen molar-refractivity contribution >= 4 is 6.47 Å². The number of hydrogen-bond acceptors (Lipinski definition) is 4. The maximum absolute atomic E-state index is 12.4. The highest BCUT2D eigenvalue weighted by Crippen LogP contribution is 2.30. The number of hydrogen-bond donors (Lipinski definition) is 0. The molecule has 1 fully saturated rings. The van der Waals surface area contributed by atoms with Gasteiger partial charge in [-0.25, -0.2) is 0 Å². The van der Waals surface area contributed by atoms with Gasteiger partial charge in [0.1, 0.15) is 11.9 Å². The van der Waals surface area contributed by atoms with E-state index in [4.69, 9.17) is 9.57 Å². The van der Waals surface area contributed by atoms with E-state index in [1.165, 1.54) is 17.2 Å². The minimum absolute atomic E-state index is 0.208. The van der Waals surface area contributed by atoms with Crippen molar-refractivity contribution < 1.29 is 27.5 Å². The molecule has 0 unspecified atom stereocenters. The second-order valence-corrected chi connectivity index (χ2v) is 4.49. The van der Waals surface area contributed by atoms with E-state index in [1.54, 1.807) is 0 Å². The Balaban J connectivity index is 1.94. The van der Waals surface area contributed by atoms with Crippen LogP contribution in [0.3, 0.4) is 0 Å². The molecule has 0 spiro atoms. The van der Waals surface area contributed by atoms with Crippen LogP contribution in [0.4, 0.5) is 13.2 Å². The Morgan fingerprint density at radius 1 is 1.25 bits per heavy atom. The van der Waals surface area contributed by atoms with Crippen molar-refractivity contribution in [3.05, 3.63) is 29.8 Å². The van der Waals surface area contributed by atoms with E-state index in [9.17, 15) is 18.0 Å². The molecule has 110 valence electrons. The van der Waals surface area contributed by atoms with Crippen molar-refractivity contribution in [2.24, 2.45) is 0 Å². The molecule has 4 nitrogen and oxygen atoms in total. The second-order valence-electron chi connectivity index (χ2n) is 4.49. The average Bonchev–Trinajstić information content (AvgIpc) is 2.39. The van der Waals surface area contributed by atoms with Crippen LogP contribution in [0.2, 0.25) is 0 Å². The Bertz CT molecular complexity index is 447. The predicted molar refractivity (Wildman–Crippen MR) is 63.8 cm³/mol. The van der Waals surface area contributed by atoms with Gasteiger partial charge >= 0.3 is 12.6 Å². The number of carbonyl (C=O) groups is 1. The molecule has 0 N–H and O–H groups in total. The highest BCUT2D eigenvalue weighted by Gasteiger charge is 2.30. The third-order valence-electron chi connectivity index (χ3n) is 3.02. The summed E-state index contributed by atoms with van der Waals surface area (Å²) in [6, 6.07) is 4.56. The fourth-order valence-electron chi connectivity index (χ4n) is 2.07. The lowest BCUT2D eigenvalue weighted by molar-refractivity contribution is -0.184. The normalized spacial score (nSPS) is 20.4. The molecule has 0 amide bonds. The topological polar surface area (TPSA) is 38.8 Å². The van der Waals surface area contributed by atoms with Crippen LogP contribution in [-0.4, -0.2) is 30.7 Å². The lowest BCUT2D eigenvalue weighted by atomic mass is 10.1. The number of benzene rings is 1. The monoisotopic (exact) mass is 289 g/mol. The van der Waals surface area contributed by atoms with Crippen LogP contribution in [0.1, 0.15) is 18.4 Å². The molecular formula is C13H14F3NO3. The van der Waals surface area contributed by atoms with Crippen molar-refractivity contribution in [2.75, 3.05) is 13.1 Å². The fourth-order valence-corrected chi connectivity index (χ4v) is 2.07. The lowest BCUT2D eigenvalue weighted by Crippen LogP contribution is -2.40. The summed E-state index contributed by atoms with van der Waals surface area (Å²) in [5, 5.41) is 1.48. The fraction of sp³-hybridized carbons (Fsp3) is 0.462. The highest BCUT2D eigenvalue weighted by molar-refractivity contribution is 5.36. The molecule has 0 aliphatic carbocycles. The van der Waals surface area contributed by atoms with Crippen molar-refractivity contribution in [3.63, 3.8) is 0 Å². The molecule has 0 radical (unpaired) electrons. The number of alkyl halides is 3. The number of nitrogens with zero attached hydrogens (tertiary/aromatic N) is 1. The number of halogens is 3. The van der Waals surface area contributed by atoms with Crippen molar-refractivity contribution in [1.82, 2.24) is 5.06 Å². The minimum atomic E-state index is -4.35. The second kappa shape index (κ2) is 6.13. The maximum atomic E-state index is 12.4.